The zero-order valence-corrected chi connectivity index (χ0v) is 19.6. The van der Waals surface area contributed by atoms with Crippen LogP contribution < -0.4 is 5.73 Å². The van der Waals surface area contributed by atoms with E-state index >= 15 is 0 Å². The van der Waals surface area contributed by atoms with Crippen LogP contribution in [0.15, 0.2) is 91.0 Å². The minimum absolute atomic E-state index is 0.640. The molecule has 3 aromatic rings. The lowest BCUT2D eigenvalue weighted by atomic mass is 10.0. The van der Waals surface area contributed by atoms with E-state index in [0.717, 1.165) is 0 Å². The molecule has 3 rings (SSSR count). The van der Waals surface area contributed by atoms with E-state index in [9.17, 15) is 0 Å². The standard InChI is InChI=1S/C15H16.C7H9N.3C2H6/c1-3-8-14(9-4-1)12-7-13-15-10-5-2-6-11-15;8-6-7-4-2-1-3-5-7;3*1-2/h1-6,8-11H,7,12-13H2;1-5H,6,8H2;3*1-2H3. The van der Waals surface area contributed by atoms with Crippen molar-refractivity contribution in [1.29, 1.82) is 0 Å². The second-order valence-electron chi connectivity index (χ2n) is 5.51. The Morgan fingerprint density at radius 3 is 0.966 bits per heavy atom. The van der Waals surface area contributed by atoms with Crippen molar-refractivity contribution in [3.8, 4) is 0 Å². The zero-order chi connectivity index (χ0) is 22.2. The first-order valence-corrected chi connectivity index (χ1v) is 11.2. The summed E-state index contributed by atoms with van der Waals surface area (Å²) in [7, 11) is 0. The van der Waals surface area contributed by atoms with Gasteiger partial charge in [0.15, 0.2) is 0 Å². The van der Waals surface area contributed by atoms with E-state index in [1.165, 1.54) is 36.0 Å². The van der Waals surface area contributed by atoms with Crippen LogP contribution in [0.25, 0.3) is 0 Å². The van der Waals surface area contributed by atoms with Crippen LogP contribution in [0.3, 0.4) is 0 Å². The highest BCUT2D eigenvalue weighted by molar-refractivity contribution is 5.17. The van der Waals surface area contributed by atoms with Gasteiger partial charge in [0, 0.05) is 6.54 Å². The molecule has 1 heteroatoms. The Labute approximate surface area is 181 Å². The molecule has 0 saturated carbocycles. The van der Waals surface area contributed by atoms with Crippen LogP contribution >= 0.6 is 0 Å². The van der Waals surface area contributed by atoms with E-state index in [1.807, 2.05) is 71.9 Å². The van der Waals surface area contributed by atoms with Crippen LogP contribution in [0, 0.1) is 0 Å². The molecule has 0 aromatic heterocycles. The number of hydrogen-bond donors (Lipinski definition) is 1. The molecule has 0 unspecified atom stereocenters. The molecule has 0 fully saturated rings. The van der Waals surface area contributed by atoms with Gasteiger partial charge in [0.2, 0.25) is 0 Å². The van der Waals surface area contributed by atoms with Crippen LogP contribution in [0.4, 0.5) is 0 Å². The third-order valence-electron chi connectivity index (χ3n) is 3.70. The van der Waals surface area contributed by atoms with Crippen molar-refractivity contribution in [3.63, 3.8) is 0 Å². The van der Waals surface area contributed by atoms with Gasteiger partial charge in [0.05, 0.1) is 0 Å². The average molecular weight is 394 g/mol. The van der Waals surface area contributed by atoms with E-state index in [1.54, 1.807) is 0 Å². The van der Waals surface area contributed by atoms with Gasteiger partial charge in [-0.2, -0.15) is 0 Å². The molecule has 0 saturated heterocycles. The van der Waals surface area contributed by atoms with Crippen molar-refractivity contribution < 1.29 is 0 Å². The molecule has 160 valence electrons. The molecular formula is C28H43N. The number of rotatable bonds is 5. The quantitative estimate of drug-likeness (QED) is 0.465. The lowest BCUT2D eigenvalue weighted by Gasteiger charge is -2.01. The van der Waals surface area contributed by atoms with Crippen molar-refractivity contribution in [2.45, 2.75) is 67.3 Å². The second-order valence-corrected chi connectivity index (χ2v) is 5.51. The van der Waals surface area contributed by atoms with Gasteiger partial charge in [-0.05, 0) is 36.0 Å². The fourth-order valence-corrected chi connectivity index (χ4v) is 2.40. The normalized spacial score (nSPS) is 8.38. The summed E-state index contributed by atoms with van der Waals surface area (Å²) in [5.74, 6) is 0. The monoisotopic (exact) mass is 393 g/mol. The van der Waals surface area contributed by atoms with Crippen LogP contribution in [-0.2, 0) is 19.4 Å². The van der Waals surface area contributed by atoms with Crippen LogP contribution in [-0.4, -0.2) is 0 Å². The zero-order valence-electron chi connectivity index (χ0n) is 19.6. The van der Waals surface area contributed by atoms with Crippen molar-refractivity contribution >= 4 is 0 Å². The fraction of sp³-hybridized carbons (Fsp3) is 0.357. The molecular weight excluding hydrogens is 350 g/mol. The van der Waals surface area contributed by atoms with E-state index in [-0.39, 0.29) is 0 Å². The van der Waals surface area contributed by atoms with E-state index < -0.39 is 0 Å². The summed E-state index contributed by atoms with van der Waals surface area (Å²) in [6.07, 6.45) is 3.58. The van der Waals surface area contributed by atoms with Crippen molar-refractivity contribution in [3.05, 3.63) is 108 Å². The molecule has 0 spiro atoms. The molecule has 0 aliphatic carbocycles. The van der Waals surface area contributed by atoms with Gasteiger partial charge in [0.25, 0.3) is 0 Å². The topological polar surface area (TPSA) is 26.0 Å². The summed E-state index contributed by atoms with van der Waals surface area (Å²) in [6.45, 7) is 12.6. The highest BCUT2D eigenvalue weighted by Crippen LogP contribution is 2.07. The first kappa shape index (κ1) is 28.8. The number of benzene rings is 3. The molecule has 0 heterocycles. The molecule has 0 radical (unpaired) electrons. The summed E-state index contributed by atoms with van der Waals surface area (Å²) in [5.41, 5.74) is 9.41. The van der Waals surface area contributed by atoms with Gasteiger partial charge in [-0.25, -0.2) is 0 Å². The molecule has 29 heavy (non-hydrogen) atoms. The minimum atomic E-state index is 0.640. The average Bonchev–Trinajstić information content (AvgIpc) is 2.85. The van der Waals surface area contributed by atoms with Gasteiger partial charge in [-0.1, -0.05) is 133 Å². The highest BCUT2D eigenvalue weighted by Gasteiger charge is 1.93. The molecule has 0 aliphatic heterocycles. The lowest BCUT2D eigenvalue weighted by molar-refractivity contribution is 0.821. The molecule has 2 N–H and O–H groups in total. The van der Waals surface area contributed by atoms with Crippen LogP contribution in [0.1, 0.15) is 64.7 Å². The fourth-order valence-electron chi connectivity index (χ4n) is 2.40. The van der Waals surface area contributed by atoms with E-state index in [2.05, 4.69) is 60.7 Å². The Hall–Kier alpha value is -2.38. The van der Waals surface area contributed by atoms with E-state index in [0.29, 0.717) is 6.54 Å². The number of hydrogen-bond acceptors (Lipinski definition) is 1. The smallest absolute Gasteiger partial charge is 0.0178 e. The second kappa shape index (κ2) is 23.7. The third kappa shape index (κ3) is 16.3. The molecule has 0 bridgehead atoms. The Balaban J connectivity index is 0. The summed E-state index contributed by atoms with van der Waals surface area (Å²) < 4.78 is 0. The third-order valence-corrected chi connectivity index (χ3v) is 3.70. The molecule has 0 amide bonds. The first-order valence-electron chi connectivity index (χ1n) is 11.2. The summed E-state index contributed by atoms with van der Waals surface area (Å²) in [6, 6.07) is 31.4. The Morgan fingerprint density at radius 2 is 0.724 bits per heavy atom. The maximum atomic E-state index is 5.35. The minimum Gasteiger partial charge on any atom is -0.326 e. The molecule has 3 aromatic carbocycles. The largest absolute Gasteiger partial charge is 0.326 e. The Morgan fingerprint density at radius 1 is 0.448 bits per heavy atom. The first-order chi connectivity index (χ1) is 14.4. The van der Waals surface area contributed by atoms with Gasteiger partial charge in [0.1, 0.15) is 0 Å². The predicted molar refractivity (Wildman–Crippen MR) is 133 cm³/mol. The SMILES string of the molecule is CC.CC.CC.NCc1ccccc1.c1ccc(CCCc2ccccc2)cc1. The van der Waals surface area contributed by atoms with E-state index in [4.69, 9.17) is 5.73 Å². The molecule has 0 aliphatic rings. The van der Waals surface area contributed by atoms with Crippen molar-refractivity contribution in [1.82, 2.24) is 0 Å². The van der Waals surface area contributed by atoms with Crippen molar-refractivity contribution in [2.75, 3.05) is 0 Å². The summed E-state index contributed by atoms with van der Waals surface area (Å²) in [5, 5.41) is 0. The van der Waals surface area contributed by atoms with Gasteiger partial charge in [-0.3, -0.25) is 0 Å². The Bertz CT molecular complexity index is 593. The van der Waals surface area contributed by atoms with Gasteiger partial charge >= 0.3 is 0 Å². The summed E-state index contributed by atoms with van der Waals surface area (Å²) >= 11 is 0. The lowest BCUT2D eigenvalue weighted by Crippen LogP contribution is -1.94. The predicted octanol–water partition coefficient (Wildman–Crippen LogP) is 8.09. The summed E-state index contributed by atoms with van der Waals surface area (Å²) in [4.78, 5) is 0. The van der Waals surface area contributed by atoms with Crippen molar-refractivity contribution in [2.24, 2.45) is 5.73 Å². The number of aryl methyl sites for hydroxylation is 2. The highest BCUT2D eigenvalue weighted by atomic mass is 14.5. The van der Waals surface area contributed by atoms with Gasteiger partial charge in [-0.15, -0.1) is 0 Å². The van der Waals surface area contributed by atoms with Crippen LogP contribution in [0.5, 0.6) is 0 Å². The van der Waals surface area contributed by atoms with Crippen LogP contribution in [0.2, 0.25) is 0 Å². The van der Waals surface area contributed by atoms with Gasteiger partial charge < -0.3 is 5.73 Å². The maximum Gasteiger partial charge on any atom is 0.0178 e. The Kier molecular flexibility index (Phi) is 23.5. The number of nitrogens with two attached hydrogens (primary N) is 1. The molecule has 1 nitrogen and oxygen atoms in total. The maximum absolute atomic E-state index is 5.35. The molecule has 0 atom stereocenters.